The molecule has 2 rings (SSSR count). The Morgan fingerprint density at radius 1 is 0.926 bits per heavy atom. The summed E-state index contributed by atoms with van der Waals surface area (Å²) >= 11 is 1.90. The summed E-state index contributed by atoms with van der Waals surface area (Å²) in [5.41, 5.74) is 12.2. The molecule has 0 fully saturated rings. The molecule has 0 aliphatic heterocycles. The fourth-order valence-corrected chi connectivity index (χ4v) is 3.87. The normalized spacial score (nSPS) is 12.5. The monoisotopic (exact) mass is 384 g/mol. The zero-order valence-corrected chi connectivity index (χ0v) is 19.1. The van der Waals surface area contributed by atoms with E-state index in [4.69, 9.17) is 5.73 Å². The van der Waals surface area contributed by atoms with E-state index < -0.39 is 0 Å². The molecule has 0 unspecified atom stereocenters. The highest BCUT2D eigenvalue weighted by Gasteiger charge is 2.24. The Kier molecular flexibility index (Phi) is 6.57. The third-order valence-electron chi connectivity index (χ3n) is 4.58. The minimum absolute atomic E-state index is 0.00627. The molecule has 0 aliphatic carbocycles. The van der Waals surface area contributed by atoms with Gasteiger partial charge in [-0.2, -0.15) is 0 Å². The minimum atomic E-state index is -0.00627. The van der Waals surface area contributed by atoms with Crippen molar-refractivity contribution < 1.29 is 0 Å². The van der Waals surface area contributed by atoms with Crippen molar-refractivity contribution in [2.24, 2.45) is 5.92 Å². The molecule has 3 N–H and O–H groups in total. The van der Waals surface area contributed by atoms with Crippen LogP contribution in [0.1, 0.15) is 66.5 Å². The van der Waals surface area contributed by atoms with Gasteiger partial charge in [0.05, 0.1) is 17.1 Å². The Morgan fingerprint density at radius 2 is 1.56 bits per heavy atom. The summed E-state index contributed by atoms with van der Waals surface area (Å²) in [6, 6.07) is 13.0. The van der Waals surface area contributed by atoms with Crippen LogP contribution in [0.4, 0.5) is 17.1 Å². The number of para-hydroxylation sites is 1. The number of rotatable bonds is 5. The second-order valence-electron chi connectivity index (χ2n) is 9.81. The zero-order valence-electron chi connectivity index (χ0n) is 18.2. The highest BCUT2D eigenvalue weighted by atomic mass is 32.2. The summed E-state index contributed by atoms with van der Waals surface area (Å²) in [5.74, 6) is 1.76. The van der Waals surface area contributed by atoms with Gasteiger partial charge in [0.25, 0.3) is 0 Å². The van der Waals surface area contributed by atoms with Crippen LogP contribution in [0.5, 0.6) is 0 Å². The van der Waals surface area contributed by atoms with Crippen molar-refractivity contribution in [1.29, 1.82) is 0 Å². The Balaban J connectivity index is 2.50. The largest absolute Gasteiger partial charge is 0.397 e. The van der Waals surface area contributed by atoms with Crippen molar-refractivity contribution in [3.05, 3.63) is 47.5 Å². The molecule has 2 aromatic rings. The van der Waals surface area contributed by atoms with Gasteiger partial charge in [0.2, 0.25) is 0 Å². The third kappa shape index (κ3) is 5.68. The van der Waals surface area contributed by atoms with E-state index in [0.29, 0.717) is 5.92 Å². The molecule has 0 heterocycles. The van der Waals surface area contributed by atoms with E-state index in [-0.39, 0.29) is 10.8 Å². The Bertz CT molecular complexity index is 780. The van der Waals surface area contributed by atoms with Crippen LogP contribution in [0, 0.1) is 5.92 Å². The van der Waals surface area contributed by atoms with Gasteiger partial charge < -0.3 is 11.1 Å². The summed E-state index contributed by atoms with van der Waals surface area (Å²) in [6.45, 7) is 17.9. The van der Waals surface area contributed by atoms with Gasteiger partial charge in [0.15, 0.2) is 0 Å². The van der Waals surface area contributed by atoms with Crippen molar-refractivity contribution in [3.63, 3.8) is 0 Å². The number of benzene rings is 2. The number of nitrogens with two attached hydrogens (primary N) is 1. The lowest BCUT2D eigenvalue weighted by molar-refractivity contribution is 0.570. The van der Waals surface area contributed by atoms with Gasteiger partial charge in [0.1, 0.15) is 0 Å². The lowest BCUT2D eigenvalue weighted by atomic mass is 9.79. The molecule has 0 spiro atoms. The van der Waals surface area contributed by atoms with E-state index in [0.717, 1.165) is 22.8 Å². The van der Waals surface area contributed by atoms with Crippen LogP contribution < -0.4 is 11.1 Å². The van der Waals surface area contributed by atoms with Crippen molar-refractivity contribution in [1.82, 2.24) is 0 Å². The molecule has 148 valence electrons. The lowest BCUT2D eigenvalue weighted by Crippen LogP contribution is -2.19. The average molecular weight is 385 g/mol. The lowest BCUT2D eigenvalue weighted by Gasteiger charge is -2.28. The standard InChI is InChI=1S/C24H36N2S/c1-16(2)15-27-21-12-10-9-11-19(21)26-20-14-17(23(3,4)5)13-18(22(20)25)24(6,7)8/h9-14,16,26H,15,25H2,1-8H3. The highest BCUT2D eigenvalue weighted by molar-refractivity contribution is 7.99. The Hall–Kier alpha value is -1.61. The number of thioether (sulfide) groups is 1. The first kappa shape index (κ1) is 21.7. The zero-order chi connectivity index (χ0) is 20.4. The third-order valence-corrected chi connectivity index (χ3v) is 6.08. The number of hydrogen-bond donors (Lipinski definition) is 2. The molecule has 2 nitrogen and oxygen atoms in total. The fourth-order valence-electron chi connectivity index (χ4n) is 2.91. The van der Waals surface area contributed by atoms with Crippen molar-refractivity contribution >= 4 is 28.8 Å². The molecule has 0 bridgehead atoms. The number of hydrogen-bond acceptors (Lipinski definition) is 3. The van der Waals surface area contributed by atoms with Gasteiger partial charge in [-0.1, -0.05) is 73.6 Å². The van der Waals surface area contributed by atoms with Crippen molar-refractivity contribution in [2.45, 2.75) is 71.1 Å². The summed E-state index contributed by atoms with van der Waals surface area (Å²) in [4.78, 5) is 1.27. The van der Waals surface area contributed by atoms with E-state index >= 15 is 0 Å². The Labute approximate surface area is 170 Å². The molecule has 0 radical (unpaired) electrons. The smallest absolute Gasteiger partial charge is 0.0624 e. The fraction of sp³-hybridized carbons (Fsp3) is 0.500. The van der Waals surface area contributed by atoms with E-state index in [2.05, 4.69) is 97.1 Å². The maximum Gasteiger partial charge on any atom is 0.0624 e. The number of anilines is 3. The molecule has 0 aliphatic rings. The van der Waals surface area contributed by atoms with E-state index in [9.17, 15) is 0 Å². The molecule has 0 saturated carbocycles. The molecule has 3 heteroatoms. The SMILES string of the molecule is CC(C)CSc1ccccc1Nc1cc(C(C)(C)C)cc(C(C)(C)C)c1N. The highest BCUT2D eigenvalue weighted by Crippen LogP contribution is 2.40. The van der Waals surface area contributed by atoms with Crippen molar-refractivity contribution in [2.75, 3.05) is 16.8 Å². The van der Waals surface area contributed by atoms with Crippen LogP contribution in [0.25, 0.3) is 0 Å². The van der Waals surface area contributed by atoms with Gasteiger partial charge in [-0.15, -0.1) is 11.8 Å². The molecular weight excluding hydrogens is 348 g/mol. The summed E-state index contributed by atoms with van der Waals surface area (Å²) in [6.07, 6.45) is 0. The van der Waals surface area contributed by atoms with Gasteiger partial charge in [-0.25, -0.2) is 0 Å². The maximum absolute atomic E-state index is 6.63. The number of nitrogen functional groups attached to an aromatic ring is 1. The first-order valence-corrected chi connectivity index (χ1v) is 10.8. The van der Waals surface area contributed by atoms with Gasteiger partial charge in [0, 0.05) is 10.6 Å². The minimum Gasteiger partial charge on any atom is -0.397 e. The quantitative estimate of drug-likeness (QED) is 0.418. The second-order valence-corrected chi connectivity index (χ2v) is 10.9. The average Bonchev–Trinajstić information content (AvgIpc) is 2.53. The van der Waals surface area contributed by atoms with Crippen LogP contribution >= 0.6 is 11.8 Å². The topological polar surface area (TPSA) is 38.0 Å². The van der Waals surface area contributed by atoms with Gasteiger partial charge in [-0.3, -0.25) is 0 Å². The molecule has 0 amide bonds. The van der Waals surface area contributed by atoms with Crippen molar-refractivity contribution in [3.8, 4) is 0 Å². The first-order valence-electron chi connectivity index (χ1n) is 9.83. The molecule has 27 heavy (non-hydrogen) atoms. The molecule has 0 aromatic heterocycles. The van der Waals surface area contributed by atoms with E-state index in [1.165, 1.54) is 16.0 Å². The molecular formula is C24H36N2S. The van der Waals surface area contributed by atoms with E-state index in [1.54, 1.807) is 0 Å². The summed E-state index contributed by atoms with van der Waals surface area (Å²) < 4.78 is 0. The van der Waals surface area contributed by atoms with Crippen LogP contribution in [0.15, 0.2) is 41.3 Å². The Morgan fingerprint density at radius 3 is 2.11 bits per heavy atom. The summed E-state index contributed by atoms with van der Waals surface area (Å²) in [5, 5.41) is 3.64. The van der Waals surface area contributed by atoms with Gasteiger partial charge >= 0.3 is 0 Å². The predicted molar refractivity (Wildman–Crippen MR) is 124 cm³/mol. The summed E-state index contributed by atoms with van der Waals surface area (Å²) in [7, 11) is 0. The molecule has 0 saturated heterocycles. The predicted octanol–water partition coefficient (Wildman–Crippen LogP) is 7.36. The van der Waals surface area contributed by atoms with Crippen LogP contribution in [0.3, 0.4) is 0 Å². The second kappa shape index (κ2) is 8.18. The molecule has 0 atom stereocenters. The maximum atomic E-state index is 6.63. The van der Waals surface area contributed by atoms with Crippen LogP contribution in [-0.2, 0) is 10.8 Å². The van der Waals surface area contributed by atoms with E-state index in [1.807, 2.05) is 11.8 Å². The first-order chi connectivity index (χ1) is 12.4. The van der Waals surface area contributed by atoms with Crippen LogP contribution in [0.2, 0.25) is 0 Å². The number of nitrogens with one attached hydrogen (secondary N) is 1. The van der Waals surface area contributed by atoms with Crippen LogP contribution in [-0.4, -0.2) is 5.75 Å². The van der Waals surface area contributed by atoms with Gasteiger partial charge in [-0.05, 0) is 46.1 Å². The molecule has 2 aromatic carbocycles.